The molecule has 1 unspecified atom stereocenters. The van der Waals surface area contributed by atoms with Crippen LogP contribution in [0.1, 0.15) is 29.7 Å². The Kier molecular flexibility index (Phi) is 4.65. The van der Waals surface area contributed by atoms with Crippen LogP contribution in [0.15, 0.2) is 24.3 Å². The maximum Gasteiger partial charge on any atom is 0.411 e. The van der Waals surface area contributed by atoms with Gasteiger partial charge in [-0.05, 0) is 50.1 Å². The molecule has 0 bridgehead atoms. The van der Waals surface area contributed by atoms with Crippen LogP contribution in [0.2, 0.25) is 0 Å². The number of pyridine rings is 1. The summed E-state index contributed by atoms with van der Waals surface area (Å²) >= 11 is 0. The summed E-state index contributed by atoms with van der Waals surface area (Å²) < 4.78 is 10.6. The van der Waals surface area contributed by atoms with Crippen molar-refractivity contribution < 1.29 is 14.3 Å². The SMILES string of the molecule is CCOC(=O)Nc1ccc(NC2COc3cc(C)cc(C)c32)nc1N. The van der Waals surface area contributed by atoms with E-state index >= 15 is 0 Å². The zero-order valence-corrected chi connectivity index (χ0v) is 14.6. The molecule has 0 aliphatic carbocycles. The lowest BCUT2D eigenvalue weighted by atomic mass is 10.0. The summed E-state index contributed by atoms with van der Waals surface area (Å²) in [4.78, 5) is 15.8. The highest BCUT2D eigenvalue weighted by Crippen LogP contribution is 2.37. The lowest BCUT2D eigenvalue weighted by molar-refractivity contribution is 0.168. The van der Waals surface area contributed by atoms with Gasteiger partial charge >= 0.3 is 6.09 Å². The van der Waals surface area contributed by atoms with Crippen LogP contribution in [-0.2, 0) is 4.74 Å². The van der Waals surface area contributed by atoms with Crippen molar-refractivity contribution >= 4 is 23.4 Å². The number of nitrogens with two attached hydrogens (primary N) is 1. The minimum Gasteiger partial charge on any atom is -0.491 e. The van der Waals surface area contributed by atoms with Gasteiger partial charge in [-0.3, -0.25) is 5.32 Å². The number of amides is 1. The Labute approximate surface area is 146 Å². The molecule has 0 saturated heterocycles. The van der Waals surface area contributed by atoms with Gasteiger partial charge in [0.1, 0.15) is 24.0 Å². The van der Waals surface area contributed by atoms with Crippen molar-refractivity contribution in [2.75, 3.05) is 29.6 Å². The molecule has 2 heterocycles. The minimum atomic E-state index is -0.555. The van der Waals surface area contributed by atoms with Gasteiger partial charge in [0.25, 0.3) is 0 Å². The summed E-state index contributed by atoms with van der Waals surface area (Å²) in [5.41, 5.74) is 9.84. The van der Waals surface area contributed by atoms with Crippen LogP contribution in [0.25, 0.3) is 0 Å². The van der Waals surface area contributed by atoms with Crippen LogP contribution < -0.4 is 21.1 Å². The maximum absolute atomic E-state index is 11.5. The molecule has 1 aliphatic heterocycles. The number of carbonyl (C=O) groups excluding carboxylic acids is 1. The topological polar surface area (TPSA) is 98.5 Å². The fraction of sp³-hybridized carbons (Fsp3) is 0.333. The quantitative estimate of drug-likeness (QED) is 0.788. The summed E-state index contributed by atoms with van der Waals surface area (Å²) in [7, 11) is 0. The first-order chi connectivity index (χ1) is 12.0. The number of nitrogen functional groups attached to an aromatic ring is 1. The molecule has 1 aromatic carbocycles. The summed E-state index contributed by atoms with van der Waals surface area (Å²) in [6.45, 7) is 6.68. The van der Waals surface area contributed by atoms with E-state index in [1.165, 1.54) is 11.1 Å². The van der Waals surface area contributed by atoms with Gasteiger partial charge in [-0.15, -0.1) is 0 Å². The molecule has 0 spiro atoms. The molecule has 7 nitrogen and oxygen atoms in total. The van der Waals surface area contributed by atoms with Crippen molar-refractivity contribution in [2.24, 2.45) is 0 Å². The molecule has 3 rings (SSSR count). The molecular weight excluding hydrogens is 320 g/mol. The second-order valence-corrected chi connectivity index (χ2v) is 5.98. The highest BCUT2D eigenvalue weighted by atomic mass is 16.5. The number of carbonyl (C=O) groups is 1. The first-order valence-electron chi connectivity index (χ1n) is 8.18. The third-order valence-corrected chi connectivity index (χ3v) is 4.01. The van der Waals surface area contributed by atoms with Gasteiger partial charge in [0.05, 0.1) is 18.3 Å². The molecular formula is C18H22N4O3. The number of fused-ring (bicyclic) bond motifs is 1. The number of aromatic nitrogens is 1. The van der Waals surface area contributed by atoms with Crippen LogP contribution in [0.3, 0.4) is 0 Å². The van der Waals surface area contributed by atoms with Crippen molar-refractivity contribution in [3.05, 3.63) is 41.0 Å². The molecule has 7 heteroatoms. The van der Waals surface area contributed by atoms with Crippen molar-refractivity contribution in [3.8, 4) is 5.75 Å². The molecule has 0 fully saturated rings. The Balaban J connectivity index is 1.75. The molecule has 2 aromatic rings. The Morgan fingerprint density at radius 2 is 2.20 bits per heavy atom. The zero-order valence-electron chi connectivity index (χ0n) is 14.6. The number of hydrogen-bond donors (Lipinski definition) is 3. The highest BCUT2D eigenvalue weighted by Gasteiger charge is 2.26. The molecule has 25 heavy (non-hydrogen) atoms. The molecule has 1 atom stereocenters. The fourth-order valence-electron chi connectivity index (χ4n) is 2.99. The van der Waals surface area contributed by atoms with Crippen LogP contribution in [0.4, 0.5) is 22.1 Å². The van der Waals surface area contributed by atoms with Gasteiger partial charge in [0.2, 0.25) is 0 Å². The molecule has 132 valence electrons. The number of aryl methyl sites for hydroxylation is 2. The highest BCUT2D eigenvalue weighted by molar-refractivity contribution is 5.88. The van der Waals surface area contributed by atoms with E-state index in [2.05, 4.69) is 35.5 Å². The number of hydrogen-bond acceptors (Lipinski definition) is 6. The van der Waals surface area contributed by atoms with E-state index in [1.807, 2.05) is 6.07 Å². The predicted octanol–water partition coefficient (Wildman–Crippen LogP) is 3.39. The monoisotopic (exact) mass is 342 g/mol. The van der Waals surface area contributed by atoms with E-state index in [0.29, 0.717) is 24.7 Å². The number of nitrogens with zero attached hydrogens (tertiary/aromatic N) is 1. The fourth-order valence-corrected chi connectivity index (χ4v) is 2.99. The van der Waals surface area contributed by atoms with E-state index < -0.39 is 6.09 Å². The van der Waals surface area contributed by atoms with Gasteiger partial charge in [0.15, 0.2) is 0 Å². The smallest absolute Gasteiger partial charge is 0.411 e. The third-order valence-electron chi connectivity index (χ3n) is 4.01. The normalized spacial score (nSPS) is 15.2. The van der Waals surface area contributed by atoms with Gasteiger partial charge in [-0.1, -0.05) is 6.07 Å². The van der Waals surface area contributed by atoms with E-state index in [4.69, 9.17) is 15.2 Å². The zero-order chi connectivity index (χ0) is 18.0. The number of ether oxygens (including phenoxy) is 2. The van der Waals surface area contributed by atoms with E-state index in [-0.39, 0.29) is 11.9 Å². The number of rotatable bonds is 4. The van der Waals surface area contributed by atoms with Crippen LogP contribution >= 0.6 is 0 Å². The third kappa shape index (κ3) is 3.60. The van der Waals surface area contributed by atoms with Crippen molar-refractivity contribution in [1.82, 2.24) is 4.98 Å². The predicted molar refractivity (Wildman–Crippen MR) is 97.1 cm³/mol. The largest absolute Gasteiger partial charge is 0.491 e. The van der Waals surface area contributed by atoms with Crippen molar-refractivity contribution in [3.63, 3.8) is 0 Å². The number of nitrogens with one attached hydrogen (secondary N) is 2. The van der Waals surface area contributed by atoms with E-state index in [9.17, 15) is 4.79 Å². The molecule has 0 saturated carbocycles. The van der Waals surface area contributed by atoms with Gasteiger partial charge in [-0.2, -0.15) is 0 Å². The number of anilines is 3. The van der Waals surface area contributed by atoms with Gasteiger partial charge < -0.3 is 20.5 Å². The minimum absolute atomic E-state index is 0.00589. The Bertz CT molecular complexity index is 807. The summed E-state index contributed by atoms with van der Waals surface area (Å²) in [5.74, 6) is 1.75. The first kappa shape index (κ1) is 16.9. The lowest BCUT2D eigenvalue weighted by Gasteiger charge is -2.16. The molecule has 1 amide bonds. The summed E-state index contributed by atoms with van der Waals surface area (Å²) in [6, 6.07) is 7.64. The van der Waals surface area contributed by atoms with E-state index in [1.54, 1.807) is 19.1 Å². The Morgan fingerprint density at radius 3 is 2.92 bits per heavy atom. The van der Waals surface area contributed by atoms with Crippen LogP contribution in [0, 0.1) is 13.8 Å². The van der Waals surface area contributed by atoms with Gasteiger partial charge in [-0.25, -0.2) is 9.78 Å². The van der Waals surface area contributed by atoms with Crippen molar-refractivity contribution in [1.29, 1.82) is 0 Å². The average Bonchev–Trinajstić information content (AvgIpc) is 2.93. The second-order valence-electron chi connectivity index (χ2n) is 5.98. The molecule has 4 N–H and O–H groups in total. The molecule has 0 radical (unpaired) electrons. The Hall–Kier alpha value is -2.96. The molecule has 1 aliphatic rings. The summed E-state index contributed by atoms with van der Waals surface area (Å²) in [5, 5.41) is 5.91. The lowest BCUT2D eigenvalue weighted by Crippen LogP contribution is -2.17. The van der Waals surface area contributed by atoms with Gasteiger partial charge in [0, 0.05) is 5.56 Å². The van der Waals surface area contributed by atoms with Crippen molar-refractivity contribution in [2.45, 2.75) is 26.8 Å². The first-order valence-corrected chi connectivity index (χ1v) is 8.18. The summed E-state index contributed by atoms with van der Waals surface area (Å²) in [6.07, 6.45) is -0.555. The average molecular weight is 342 g/mol. The number of benzene rings is 1. The van der Waals surface area contributed by atoms with E-state index in [0.717, 1.165) is 11.3 Å². The molecule has 1 aromatic heterocycles. The second kappa shape index (κ2) is 6.88. The van der Waals surface area contributed by atoms with Crippen LogP contribution in [-0.4, -0.2) is 24.3 Å². The maximum atomic E-state index is 11.5. The Morgan fingerprint density at radius 1 is 1.40 bits per heavy atom. The van der Waals surface area contributed by atoms with Crippen LogP contribution in [0.5, 0.6) is 5.75 Å². The standard InChI is InChI=1S/C18H22N4O3/c1-4-24-18(23)21-12-5-6-15(22-17(12)19)20-13-9-25-14-8-10(2)7-11(3)16(13)14/h5-8,13H,4,9H2,1-3H3,(H,21,23)(H3,19,20,22).